The summed E-state index contributed by atoms with van der Waals surface area (Å²) in [7, 11) is -3.74. The molecular formula is C23H28N2O5S. The molecule has 2 heterocycles. The van der Waals surface area contributed by atoms with Crippen LogP contribution in [0.1, 0.15) is 45.6 Å². The molecule has 0 amide bonds. The topological polar surface area (TPSA) is 89.7 Å². The quantitative estimate of drug-likeness (QED) is 0.356. The summed E-state index contributed by atoms with van der Waals surface area (Å²) >= 11 is 0. The number of nitrogens with zero attached hydrogens (tertiary/aromatic N) is 2. The number of sulfonamides is 1. The molecule has 31 heavy (non-hydrogen) atoms. The summed E-state index contributed by atoms with van der Waals surface area (Å²) in [5.74, 6) is -0.276. The van der Waals surface area contributed by atoms with Crippen molar-refractivity contribution >= 4 is 27.0 Å². The number of hydrogen-bond acceptors (Lipinski definition) is 6. The van der Waals surface area contributed by atoms with Crippen LogP contribution in [0.25, 0.3) is 11.0 Å². The summed E-state index contributed by atoms with van der Waals surface area (Å²) in [6.45, 7) is 5.98. The third-order valence-electron chi connectivity index (χ3n) is 4.63. The summed E-state index contributed by atoms with van der Waals surface area (Å²) in [5, 5.41) is 0.731. The minimum atomic E-state index is -3.74. The number of benzene rings is 1. The van der Waals surface area contributed by atoms with Crippen LogP contribution >= 0.6 is 0 Å². The van der Waals surface area contributed by atoms with Gasteiger partial charge in [-0.3, -0.25) is 9.78 Å². The Morgan fingerprint density at radius 2 is 1.84 bits per heavy atom. The Labute approximate surface area is 183 Å². The highest BCUT2D eigenvalue weighted by Gasteiger charge is 2.25. The highest BCUT2D eigenvalue weighted by molar-refractivity contribution is 7.89. The number of esters is 1. The van der Waals surface area contributed by atoms with E-state index < -0.39 is 15.6 Å². The Morgan fingerprint density at radius 1 is 1.10 bits per heavy atom. The van der Waals surface area contributed by atoms with Gasteiger partial charge in [0.05, 0.1) is 11.2 Å². The van der Waals surface area contributed by atoms with Gasteiger partial charge in [-0.15, -0.1) is 0 Å². The van der Waals surface area contributed by atoms with Gasteiger partial charge < -0.3 is 9.15 Å². The number of rotatable bonds is 9. The maximum Gasteiger partial charge on any atom is 0.306 e. The maximum atomic E-state index is 13.4. The average Bonchev–Trinajstić information content (AvgIpc) is 3.17. The molecule has 7 nitrogen and oxygen atoms in total. The molecule has 2 aromatic heterocycles. The van der Waals surface area contributed by atoms with Gasteiger partial charge in [-0.1, -0.05) is 0 Å². The lowest BCUT2D eigenvalue weighted by Crippen LogP contribution is -2.32. The first-order valence-corrected chi connectivity index (χ1v) is 11.7. The molecule has 8 heteroatoms. The molecule has 0 atom stereocenters. The summed E-state index contributed by atoms with van der Waals surface area (Å²) in [5.41, 5.74) is 0.951. The lowest BCUT2D eigenvalue weighted by Gasteiger charge is -2.23. The Hall–Kier alpha value is -2.71. The van der Waals surface area contributed by atoms with Crippen molar-refractivity contribution in [2.75, 3.05) is 6.54 Å². The Morgan fingerprint density at radius 3 is 2.55 bits per heavy atom. The van der Waals surface area contributed by atoms with Crippen LogP contribution in [-0.2, 0) is 26.1 Å². The molecule has 0 aliphatic carbocycles. The van der Waals surface area contributed by atoms with Gasteiger partial charge in [0.15, 0.2) is 0 Å². The van der Waals surface area contributed by atoms with Gasteiger partial charge in [-0.2, -0.15) is 4.31 Å². The smallest absolute Gasteiger partial charge is 0.306 e. The molecule has 0 spiro atoms. The zero-order chi connectivity index (χ0) is 22.5. The first-order chi connectivity index (χ1) is 14.6. The summed E-state index contributed by atoms with van der Waals surface area (Å²) in [6.07, 6.45) is 6.14. The second-order valence-corrected chi connectivity index (χ2v) is 10.3. The number of hydrogen-bond donors (Lipinski definition) is 0. The second kappa shape index (κ2) is 9.62. The van der Waals surface area contributed by atoms with E-state index in [4.69, 9.17) is 9.15 Å². The fourth-order valence-electron chi connectivity index (χ4n) is 3.18. The van der Waals surface area contributed by atoms with Gasteiger partial charge in [0.2, 0.25) is 10.0 Å². The standard InChI is InChI=1S/C23H28N2O5S/c1-23(2,3)30-22(26)6-4-5-14-25(17-18-9-12-24-13-10-18)31(27,28)20-7-8-21-19(16-20)11-15-29-21/h7-13,15-16H,4-6,14,17H2,1-3H3. The van der Waals surface area contributed by atoms with E-state index in [0.717, 1.165) is 10.9 Å². The average molecular weight is 445 g/mol. The lowest BCUT2D eigenvalue weighted by molar-refractivity contribution is -0.154. The van der Waals surface area contributed by atoms with Crippen molar-refractivity contribution in [2.45, 2.75) is 57.1 Å². The van der Waals surface area contributed by atoms with Crippen molar-refractivity contribution < 1.29 is 22.4 Å². The highest BCUT2D eigenvalue weighted by atomic mass is 32.2. The van der Waals surface area contributed by atoms with Crippen LogP contribution < -0.4 is 0 Å². The predicted molar refractivity (Wildman–Crippen MR) is 118 cm³/mol. The molecule has 166 valence electrons. The zero-order valence-electron chi connectivity index (χ0n) is 18.1. The maximum absolute atomic E-state index is 13.4. The third kappa shape index (κ3) is 6.38. The summed E-state index contributed by atoms with van der Waals surface area (Å²) in [6, 6.07) is 10.2. The number of carbonyl (C=O) groups excluding carboxylic acids is 1. The molecular weight excluding hydrogens is 416 g/mol. The molecule has 1 aromatic carbocycles. The normalized spacial score (nSPS) is 12.4. The van der Waals surface area contributed by atoms with E-state index in [9.17, 15) is 13.2 Å². The van der Waals surface area contributed by atoms with Crippen LogP contribution in [0.3, 0.4) is 0 Å². The molecule has 0 fully saturated rings. The molecule has 0 N–H and O–H groups in total. The Balaban J connectivity index is 1.73. The van der Waals surface area contributed by atoms with E-state index >= 15 is 0 Å². The highest BCUT2D eigenvalue weighted by Crippen LogP contribution is 2.24. The van der Waals surface area contributed by atoms with Crippen molar-refractivity contribution in [1.82, 2.24) is 9.29 Å². The van der Waals surface area contributed by atoms with E-state index in [1.165, 1.54) is 10.6 Å². The SMILES string of the molecule is CC(C)(C)OC(=O)CCCCN(Cc1ccncc1)S(=O)(=O)c1ccc2occc2c1. The predicted octanol–water partition coefficient (Wildman–Crippen LogP) is 4.53. The zero-order valence-corrected chi connectivity index (χ0v) is 18.9. The molecule has 0 unspecified atom stereocenters. The first-order valence-electron chi connectivity index (χ1n) is 10.2. The first kappa shape index (κ1) is 23.0. The molecule has 0 aliphatic rings. The fraction of sp³-hybridized carbons (Fsp3) is 0.391. The number of furan rings is 1. The molecule has 0 saturated carbocycles. The van der Waals surface area contributed by atoms with E-state index in [1.807, 2.05) is 20.8 Å². The monoisotopic (exact) mass is 444 g/mol. The van der Waals surface area contributed by atoms with Gasteiger partial charge in [-0.05, 0) is 75.6 Å². The van der Waals surface area contributed by atoms with Gasteiger partial charge in [0, 0.05) is 37.3 Å². The fourth-order valence-corrected chi connectivity index (χ4v) is 4.68. The Kier molecular flexibility index (Phi) is 7.12. The number of fused-ring (bicyclic) bond motifs is 1. The molecule has 0 saturated heterocycles. The third-order valence-corrected chi connectivity index (χ3v) is 6.47. The van der Waals surface area contributed by atoms with E-state index in [0.29, 0.717) is 18.4 Å². The van der Waals surface area contributed by atoms with Crippen LogP contribution in [-0.4, -0.2) is 35.8 Å². The summed E-state index contributed by atoms with van der Waals surface area (Å²) in [4.78, 5) is 16.1. The largest absolute Gasteiger partial charge is 0.464 e. The number of aromatic nitrogens is 1. The van der Waals surface area contributed by atoms with E-state index in [1.54, 1.807) is 48.8 Å². The van der Waals surface area contributed by atoms with Crippen LogP contribution in [0.2, 0.25) is 0 Å². The van der Waals surface area contributed by atoms with Crippen molar-refractivity contribution in [3.63, 3.8) is 0 Å². The van der Waals surface area contributed by atoms with Crippen molar-refractivity contribution in [2.24, 2.45) is 0 Å². The van der Waals surface area contributed by atoms with Crippen LogP contribution in [0.15, 0.2) is 64.4 Å². The van der Waals surface area contributed by atoms with Crippen LogP contribution in [0.5, 0.6) is 0 Å². The Bertz CT molecular complexity index is 1120. The minimum Gasteiger partial charge on any atom is -0.464 e. The number of unbranched alkanes of at least 4 members (excludes halogenated alkanes) is 1. The number of pyridine rings is 1. The molecule has 0 radical (unpaired) electrons. The van der Waals surface area contributed by atoms with Gasteiger partial charge in [0.1, 0.15) is 11.2 Å². The van der Waals surface area contributed by atoms with Crippen LogP contribution in [0, 0.1) is 0 Å². The summed E-state index contributed by atoms with van der Waals surface area (Å²) < 4.78 is 38.9. The van der Waals surface area contributed by atoms with E-state index in [-0.39, 0.29) is 30.4 Å². The van der Waals surface area contributed by atoms with Gasteiger partial charge >= 0.3 is 5.97 Å². The van der Waals surface area contributed by atoms with E-state index in [2.05, 4.69) is 4.98 Å². The number of ether oxygens (including phenoxy) is 1. The second-order valence-electron chi connectivity index (χ2n) is 8.36. The van der Waals surface area contributed by atoms with Crippen molar-refractivity contribution in [3.05, 3.63) is 60.6 Å². The van der Waals surface area contributed by atoms with Gasteiger partial charge in [-0.25, -0.2) is 8.42 Å². The van der Waals surface area contributed by atoms with Crippen molar-refractivity contribution in [3.8, 4) is 0 Å². The lowest BCUT2D eigenvalue weighted by atomic mass is 10.2. The molecule has 0 aliphatic heterocycles. The molecule has 3 rings (SSSR count). The molecule has 3 aromatic rings. The number of carbonyl (C=O) groups is 1. The van der Waals surface area contributed by atoms with Crippen molar-refractivity contribution in [1.29, 1.82) is 0 Å². The minimum absolute atomic E-state index is 0.211. The van der Waals surface area contributed by atoms with Crippen LogP contribution in [0.4, 0.5) is 0 Å². The molecule has 0 bridgehead atoms. The van der Waals surface area contributed by atoms with Gasteiger partial charge in [0.25, 0.3) is 0 Å².